The number of hydrogen-bond donors (Lipinski definition) is 2. The number of carbonyl (C=O) groups is 2. The number of nitrogens with one attached hydrogen (secondary N) is 1. The monoisotopic (exact) mass is 377 g/mol. The number of aryl methyl sites for hydroxylation is 2. The predicted octanol–water partition coefficient (Wildman–Crippen LogP) is 3.72. The van der Waals surface area contributed by atoms with Crippen LogP contribution in [0.25, 0.3) is 22.0 Å². The number of H-pyrrole nitrogens is 1. The molecular weight excluding hydrogens is 357 g/mol. The van der Waals surface area contributed by atoms with Crippen LogP contribution in [0.2, 0.25) is 0 Å². The lowest BCUT2D eigenvalue weighted by Gasteiger charge is -2.14. The van der Waals surface area contributed by atoms with Crippen molar-refractivity contribution in [1.82, 2.24) is 9.88 Å². The molecule has 0 saturated carbocycles. The van der Waals surface area contributed by atoms with Crippen molar-refractivity contribution in [1.29, 1.82) is 0 Å². The molecule has 4 rings (SSSR count). The van der Waals surface area contributed by atoms with Gasteiger partial charge in [-0.3, -0.25) is 9.59 Å². The number of carbonyl (C=O) groups excluding carboxylic acids is 2. The highest BCUT2D eigenvalue weighted by Crippen LogP contribution is 2.40. The third-order valence-corrected chi connectivity index (χ3v) is 5.53. The van der Waals surface area contributed by atoms with Crippen LogP contribution in [0.1, 0.15) is 32.7 Å². The number of benzene rings is 2. The van der Waals surface area contributed by atoms with Gasteiger partial charge in [0.05, 0.1) is 11.1 Å². The summed E-state index contributed by atoms with van der Waals surface area (Å²) in [6, 6.07) is 6.84. The number of fused-ring (bicyclic) bond motifs is 2. The van der Waals surface area contributed by atoms with Crippen LogP contribution in [0.4, 0.5) is 4.39 Å². The highest BCUT2D eigenvalue weighted by atomic mass is 19.1. The van der Waals surface area contributed by atoms with E-state index in [2.05, 4.69) is 11.6 Å². The number of hydrogen-bond acceptors (Lipinski definition) is 2. The molecule has 1 aliphatic rings. The van der Waals surface area contributed by atoms with E-state index in [1.807, 2.05) is 32.0 Å². The van der Waals surface area contributed by atoms with Crippen LogP contribution < -0.4 is 5.73 Å². The van der Waals surface area contributed by atoms with E-state index in [-0.39, 0.29) is 11.5 Å². The van der Waals surface area contributed by atoms with Crippen molar-refractivity contribution in [2.75, 3.05) is 0 Å². The standard InChI is InChI=1S/C22H20FN3O2/c1-4-18(27)26-9-13-6-5-7-14(16(13)10-26)20-17(23)8-15(22(24)28)21-19(20)11(2)12(3)25-21/h4-8,25H,1,9-10H2,2-3H3,(H2,24,28). The summed E-state index contributed by atoms with van der Waals surface area (Å²) < 4.78 is 15.3. The van der Waals surface area contributed by atoms with Crippen molar-refractivity contribution in [3.8, 4) is 11.1 Å². The molecule has 0 saturated heterocycles. The topological polar surface area (TPSA) is 79.2 Å². The Labute approximate surface area is 161 Å². The molecule has 28 heavy (non-hydrogen) atoms. The molecule has 0 spiro atoms. The van der Waals surface area contributed by atoms with Gasteiger partial charge in [0.25, 0.3) is 5.91 Å². The van der Waals surface area contributed by atoms with Gasteiger partial charge < -0.3 is 15.6 Å². The summed E-state index contributed by atoms with van der Waals surface area (Å²) in [7, 11) is 0. The molecular formula is C22H20FN3O2. The smallest absolute Gasteiger partial charge is 0.250 e. The lowest BCUT2D eigenvalue weighted by molar-refractivity contribution is -0.126. The van der Waals surface area contributed by atoms with Gasteiger partial charge in [0.15, 0.2) is 0 Å². The lowest BCUT2D eigenvalue weighted by atomic mass is 9.91. The Hall–Kier alpha value is -3.41. The summed E-state index contributed by atoms with van der Waals surface area (Å²) in [4.78, 5) is 28.8. The Balaban J connectivity index is 2.01. The fourth-order valence-electron chi connectivity index (χ4n) is 4.02. The molecule has 142 valence electrons. The minimum Gasteiger partial charge on any atom is -0.366 e. The van der Waals surface area contributed by atoms with Gasteiger partial charge in [0.1, 0.15) is 5.82 Å². The van der Waals surface area contributed by atoms with Crippen LogP contribution in [0, 0.1) is 19.7 Å². The Bertz CT molecular complexity index is 1180. The van der Waals surface area contributed by atoms with Gasteiger partial charge in [-0.1, -0.05) is 24.8 Å². The van der Waals surface area contributed by atoms with E-state index in [9.17, 15) is 9.59 Å². The number of nitrogens with two attached hydrogens (primary N) is 1. The number of halogens is 1. The molecule has 0 aliphatic carbocycles. The molecule has 3 aromatic rings. The maximum atomic E-state index is 15.3. The molecule has 5 nitrogen and oxygen atoms in total. The van der Waals surface area contributed by atoms with Gasteiger partial charge >= 0.3 is 0 Å². The molecule has 2 amide bonds. The third kappa shape index (κ3) is 2.52. The van der Waals surface area contributed by atoms with E-state index in [4.69, 9.17) is 5.73 Å². The summed E-state index contributed by atoms with van der Waals surface area (Å²) in [6.07, 6.45) is 1.28. The van der Waals surface area contributed by atoms with Crippen molar-refractivity contribution >= 4 is 22.7 Å². The first kappa shape index (κ1) is 18.0. The molecule has 6 heteroatoms. The predicted molar refractivity (Wildman–Crippen MR) is 106 cm³/mol. The molecule has 0 bridgehead atoms. The zero-order valence-electron chi connectivity index (χ0n) is 15.7. The zero-order chi connectivity index (χ0) is 20.2. The van der Waals surface area contributed by atoms with E-state index < -0.39 is 11.7 Å². The van der Waals surface area contributed by atoms with Gasteiger partial charge in [-0.2, -0.15) is 0 Å². The van der Waals surface area contributed by atoms with E-state index in [0.717, 1.165) is 27.9 Å². The van der Waals surface area contributed by atoms with Gasteiger partial charge in [0, 0.05) is 29.7 Å². The Kier molecular flexibility index (Phi) is 4.07. The largest absolute Gasteiger partial charge is 0.366 e. The first-order valence-electron chi connectivity index (χ1n) is 8.97. The average molecular weight is 377 g/mol. The second-order valence-electron chi connectivity index (χ2n) is 7.11. The fraction of sp³-hybridized carbons (Fsp3) is 0.182. The minimum absolute atomic E-state index is 0.128. The second kappa shape index (κ2) is 6.34. The van der Waals surface area contributed by atoms with Crippen LogP contribution in [0.5, 0.6) is 0 Å². The van der Waals surface area contributed by atoms with Crippen molar-refractivity contribution in [2.45, 2.75) is 26.9 Å². The Morgan fingerprint density at radius 1 is 1.29 bits per heavy atom. The number of nitrogens with zero attached hydrogens (tertiary/aromatic N) is 1. The number of amides is 2. The Morgan fingerprint density at radius 2 is 2.04 bits per heavy atom. The highest BCUT2D eigenvalue weighted by molar-refractivity contribution is 6.11. The molecule has 3 N–H and O–H groups in total. The van der Waals surface area contributed by atoms with E-state index in [1.165, 1.54) is 12.1 Å². The van der Waals surface area contributed by atoms with Crippen LogP contribution in [-0.2, 0) is 17.9 Å². The lowest BCUT2D eigenvalue weighted by Crippen LogP contribution is -2.22. The number of primary amides is 1. The van der Waals surface area contributed by atoms with Gasteiger partial charge in [-0.25, -0.2) is 4.39 Å². The van der Waals surface area contributed by atoms with Crippen LogP contribution in [-0.4, -0.2) is 21.7 Å². The fourth-order valence-corrected chi connectivity index (χ4v) is 4.02. The molecule has 0 fully saturated rings. The van der Waals surface area contributed by atoms with E-state index in [0.29, 0.717) is 29.6 Å². The average Bonchev–Trinajstić information content (AvgIpc) is 3.23. The minimum atomic E-state index is -0.683. The summed E-state index contributed by atoms with van der Waals surface area (Å²) in [5.74, 6) is -1.35. The maximum absolute atomic E-state index is 15.3. The van der Waals surface area contributed by atoms with Crippen molar-refractivity contribution in [2.24, 2.45) is 5.73 Å². The maximum Gasteiger partial charge on any atom is 0.250 e. The molecule has 1 aromatic heterocycles. The quantitative estimate of drug-likeness (QED) is 0.683. The SMILES string of the molecule is C=CC(=O)N1Cc2cccc(-c3c(F)cc(C(N)=O)c4[nH]c(C)c(C)c34)c2C1. The number of aromatic amines is 1. The molecule has 0 unspecified atom stereocenters. The highest BCUT2D eigenvalue weighted by Gasteiger charge is 2.28. The first-order chi connectivity index (χ1) is 13.3. The van der Waals surface area contributed by atoms with Crippen molar-refractivity contribution in [3.05, 3.63) is 70.7 Å². The van der Waals surface area contributed by atoms with E-state index >= 15 is 4.39 Å². The number of aromatic nitrogens is 1. The molecule has 0 radical (unpaired) electrons. The summed E-state index contributed by atoms with van der Waals surface area (Å²) in [5.41, 5.74) is 10.9. The zero-order valence-corrected chi connectivity index (χ0v) is 15.7. The Morgan fingerprint density at radius 3 is 2.71 bits per heavy atom. The van der Waals surface area contributed by atoms with Crippen molar-refractivity contribution < 1.29 is 14.0 Å². The summed E-state index contributed by atoms with van der Waals surface area (Å²) >= 11 is 0. The van der Waals surface area contributed by atoms with E-state index in [1.54, 1.807) is 4.90 Å². The van der Waals surface area contributed by atoms with Crippen molar-refractivity contribution in [3.63, 3.8) is 0 Å². The van der Waals surface area contributed by atoms with Crippen LogP contribution >= 0.6 is 0 Å². The third-order valence-electron chi connectivity index (χ3n) is 5.53. The van der Waals surface area contributed by atoms with Gasteiger partial charge in [0.2, 0.25) is 5.91 Å². The number of rotatable bonds is 3. The summed E-state index contributed by atoms with van der Waals surface area (Å²) in [5, 5.41) is 0.646. The molecule has 2 aromatic carbocycles. The normalized spacial score (nSPS) is 13.0. The molecule has 1 aliphatic heterocycles. The van der Waals surface area contributed by atoms with Gasteiger partial charge in [-0.15, -0.1) is 0 Å². The molecule has 0 atom stereocenters. The second-order valence-corrected chi connectivity index (χ2v) is 7.11. The summed E-state index contributed by atoms with van der Waals surface area (Å²) in [6.45, 7) is 8.16. The molecule has 2 heterocycles. The van der Waals surface area contributed by atoms with Crippen LogP contribution in [0.15, 0.2) is 36.9 Å². The van der Waals surface area contributed by atoms with Gasteiger partial charge in [-0.05, 0) is 48.2 Å². The van der Waals surface area contributed by atoms with Crippen LogP contribution in [0.3, 0.4) is 0 Å². The first-order valence-corrected chi connectivity index (χ1v) is 8.97.